The van der Waals surface area contributed by atoms with Crippen LogP contribution in [0.1, 0.15) is 30.3 Å². The van der Waals surface area contributed by atoms with Crippen molar-refractivity contribution < 1.29 is 19.1 Å². The Balaban J connectivity index is 1.77. The second-order valence-corrected chi connectivity index (χ2v) is 6.36. The number of hydrogen-bond acceptors (Lipinski definition) is 6. The number of amides is 1. The highest BCUT2D eigenvalue weighted by molar-refractivity contribution is 5.96. The topological polar surface area (TPSA) is 95.3 Å². The number of methoxy groups -OCH3 is 1. The summed E-state index contributed by atoms with van der Waals surface area (Å²) in [6.07, 6.45) is 5.70. The molecule has 0 spiro atoms. The maximum absolute atomic E-state index is 12.7. The SMILES string of the molecule is COC(=O)C(C)CNC(=O)c1nc(OCC2CC2)ccc1-n1cccn1. The summed E-state index contributed by atoms with van der Waals surface area (Å²) < 4.78 is 11.9. The van der Waals surface area contributed by atoms with E-state index in [0.717, 1.165) is 0 Å². The maximum Gasteiger partial charge on any atom is 0.310 e. The maximum atomic E-state index is 12.7. The minimum Gasteiger partial charge on any atom is -0.477 e. The van der Waals surface area contributed by atoms with Crippen LogP contribution in [-0.2, 0) is 9.53 Å². The van der Waals surface area contributed by atoms with Gasteiger partial charge in [-0.2, -0.15) is 5.10 Å². The van der Waals surface area contributed by atoms with Gasteiger partial charge in [-0.15, -0.1) is 0 Å². The predicted molar refractivity (Wildman–Crippen MR) is 93.1 cm³/mol. The number of nitrogens with zero attached hydrogens (tertiary/aromatic N) is 3. The van der Waals surface area contributed by atoms with Crippen LogP contribution in [0.25, 0.3) is 5.69 Å². The molecule has 0 bridgehead atoms. The largest absolute Gasteiger partial charge is 0.477 e. The minimum atomic E-state index is -0.452. The molecule has 1 amide bonds. The van der Waals surface area contributed by atoms with Crippen LogP contribution in [0.15, 0.2) is 30.6 Å². The molecule has 0 radical (unpaired) electrons. The number of pyridine rings is 1. The third kappa shape index (κ3) is 4.38. The molecule has 8 nitrogen and oxygen atoms in total. The van der Waals surface area contributed by atoms with Gasteiger partial charge in [-0.1, -0.05) is 6.92 Å². The first-order valence-electron chi connectivity index (χ1n) is 8.58. The zero-order chi connectivity index (χ0) is 18.5. The second-order valence-electron chi connectivity index (χ2n) is 6.36. The number of rotatable bonds is 8. The summed E-state index contributed by atoms with van der Waals surface area (Å²) in [5, 5.41) is 6.88. The monoisotopic (exact) mass is 358 g/mol. The average molecular weight is 358 g/mol. The molecular weight excluding hydrogens is 336 g/mol. The highest BCUT2D eigenvalue weighted by Gasteiger charge is 2.23. The second kappa shape index (κ2) is 7.99. The van der Waals surface area contributed by atoms with Crippen LogP contribution >= 0.6 is 0 Å². The Kier molecular flexibility index (Phi) is 5.50. The smallest absolute Gasteiger partial charge is 0.310 e. The van der Waals surface area contributed by atoms with Crippen molar-refractivity contribution in [2.24, 2.45) is 11.8 Å². The quantitative estimate of drug-likeness (QED) is 0.720. The van der Waals surface area contributed by atoms with E-state index in [1.807, 2.05) is 0 Å². The van der Waals surface area contributed by atoms with E-state index in [9.17, 15) is 9.59 Å². The van der Waals surface area contributed by atoms with Gasteiger partial charge in [0.2, 0.25) is 5.88 Å². The highest BCUT2D eigenvalue weighted by atomic mass is 16.5. The minimum absolute atomic E-state index is 0.152. The average Bonchev–Trinajstić information content (AvgIpc) is 3.34. The Morgan fingerprint density at radius 1 is 1.38 bits per heavy atom. The molecule has 0 aliphatic heterocycles. The van der Waals surface area contributed by atoms with Gasteiger partial charge in [-0.05, 0) is 30.9 Å². The number of hydrogen-bond donors (Lipinski definition) is 1. The number of aromatic nitrogens is 3. The summed E-state index contributed by atoms with van der Waals surface area (Å²) >= 11 is 0. The van der Waals surface area contributed by atoms with Crippen molar-refractivity contribution in [1.82, 2.24) is 20.1 Å². The zero-order valence-corrected chi connectivity index (χ0v) is 14.8. The Bertz CT molecular complexity index is 772. The van der Waals surface area contributed by atoms with Gasteiger partial charge in [0.25, 0.3) is 5.91 Å². The molecule has 0 aromatic carbocycles. The first kappa shape index (κ1) is 17.9. The molecule has 138 valence electrons. The van der Waals surface area contributed by atoms with Gasteiger partial charge >= 0.3 is 5.97 Å². The number of esters is 1. The van der Waals surface area contributed by atoms with E-state index >= 15 is 0 Å². The Morgan fingerprint density at radius 2 is 2.19 bits per heavy atom. The first-order chi connectivity index (χ1) is 12.6. The zero-order valence-electron chi connectivity index (χ0n) is 14.8. The summed E-state index contributed by atoms with van der Waals surface area (Å²) in [6, 6.07) is 5.24. The lowest BCUT2D eigenvalue weighted by atomic mass is 10.2. The summed E-state index contributed by atoms with van der Waals surface area (Å²) in [5.41, 5.74) is 0.732. The third-order valence-corrected chi connectivity index (χ3v) is 4.15. The van der Waals surface area contributed by atoms with Gasteiger partial charge in [-0.25, -0.2) is 9.67 Å². The molecule has 2 aromatic heterocycles. The standard InChI is InChI=1S/C18H22N4O4/c1-12(18(24)25-2)10-19-17(23)16-14(22-9-3-8-20-22)6-7-15(21-16)26-11-13-4-5-13/h3,6-9,12-13H,4-5,10-11H2,1-2H3,(H,19,23). The van der Waals surface area contributed by atoms with Crippen LogP contribution in [0.3, 0.4) is 0 Å². The van der Waals surface area contributed by atoms with Gasteiger partial charge in [-0.3, -0.25) is 9.59 Å². The van der Waals surface area contributed by atoms with Gasteiger partial charge in [0.1, 0.15) is 0 Å². The molecule has 1 saturated carbocycles. The molecule has 1 aliphatic rings. The molecule has 1 fully saturated rings. The Labute approximate surface area is 151 Å². The lowest BCUT2D eigenvalue weighted by Gasteiger charge is -2.13. The molecule has 0 saturated heterocycles. The number of ether oxygens (including phenoxy) is 2. The van der Waals surface area contributed by atoms with Gasteiger partial charge < -0.3 is 14.8 Å². The van der Waals surface area contributed by atoms with Crippen LogP contribution in [0.4, 0.5) is 0 Å². The molecule has 1 atom stereocenters. The Morgan fingerprint density at radius 3 is 2.85 bits per heavy atom. The fourth-order valence-electron chi connectivity index (χ4n) is 2.38. The predicted octanol–water partition coefficient (Wildman–Crippen LogP) is 1.59. The van der Waals surface area contributed by atoms with Crippen LogP contribution in [0, 0.1) is 11.8 Å². The number of nitrogens with one attached hydrogen (secondary N) is 1. The molecule has 1 unspecified atom stereocenters. The van der Waals surface area contributed by atoms with E-state index in [-0.39, 0.29) is 18.2 Å². The van der Waals surface area contributed by atoms with E-state index < -0.39 is 11.8 Å². The third-order valence-electron chi connectivity index (χ3n) is 4.15. The molecule has 2 heterocycles. The van der Waals surface area contributed by atoms with Crippen LogP contribution in [-0.4, -0.2) is 46.9 Å². The normalized spacial score (nSPS) is 14.5. The highest BCUT2D eigenvalue weighted by Crippen LogP contribution is 2.29. The molecule has 1 N–H and O–H groups in total. The molecule has 26 heavy (non-hydrogen) atoms. The Hall–Kier alpha value is -2.90. The van der Waals surface area contributed by atoms with E-state index in [1.54, 1.807) is 42.2 Å². The van der Waals surface area contributed by atoms with Crippen molar-refractivity contribution >= 4 is 11.9 Å². The molecule has 8 heteroatoms. The lowest BCUT2D eigenvalue weighted by Crippen LogP contribution is -2.33. The van der Waals surface area contributed by atoms with Crippen molar-refractivity contribution in [3.8, 4) is 11.6 Å². The van der Waals surface area contributed by atoms with Gasteiger partial charge in [0.05, 0.1) is 25.3 Å². The van der Waals surface area contributed by atoms with Gasteiger partial charge in [0, 0.05) is 25.0 Å². The molecule has 2 aromatic rings. The van der Waals surface area contributed by atoms with Crippen molar-refractivity contribution in [3.63, 3.8) is 0 Å². The first-order valence-corrected chi connectivity index (χ1v) is 8.58. The summed E-state index contributed by atoms with van der Waals surface area (Å²) in [5.74, 6) is -0.249. The molecule has 3 rings (SSSR count). The van der Waals surface area contributed by atoms with E-state index in [0.29, 0.717) is 24.1 Å². The van der Waals surface area contributed by atoms with Crippen molar-refractivity contribution in [2.75, 3.05) is 20.3 Å². The van der Waals surface area contributed by atoms with E-state index in [4.69, 9.17) is 4.74 Å². The van der Waals surface area contributed by atoms with Crippen molar-refractivity contribution in [2.45, 2.75) is 19.8 Å². The molecular formula is C18H22N4O4. The van der Waals surface area contributed by atoms with Gasteiger partial charge in [0.15, 0.2) is 5.69 Å². The van der Waals surface area contributed by atoms with Crippen molar-refractivity contribution in [3.05, 3.63) is 36.3 Å². The lowest BCUT2D eigenvalue weighted by molar-refractivity contribution is -0.144. The van der Waals surface area contributed by atoms with E-state index in [2.05, 4.69) is 20.1 Å². The van der Waals surface area contributed by atoms with E-state index in [1.165, 1.54) is 20.0 Å². The van der Waals surface area contributed by atoms with Crippen molar-refractivity contribution in [1.29, 1.82) is 0 Å². The fraction of sp³-hybridized carbons (Fsp3) is 0.444. The number of carbonyl (C=O) groups excluding carboxylic acids is 2. The summed E-state index contributed by atoms with van der Waals surface area (Å²) in [6.45, 7) is 2.44. The summed E-state index contributed by atoms with van der Waals surface area (Å²) in [7, 11) is 1.32. The van der Waals surface area contributed by atoms with Crippen LogP contribution in [0.5, 0.6) is 5.88 Å². The molecule has 1 aliphatic carbocycles. The van der Waals surface area contributed by atoms with Crippen LogP contribution < -0.4 is 10.1 Å². The van der Waals surface area contributed by atoms with Crippen LogP contribution in [0.2, 0.25) is 0 Å². The number of carbonyl (C=O) groups is 2. The fourth-order valence-corrected chi connectivity index (χ4v) is 2.38. The summed E-state index contributed by atoms with van der Waals surface area (Å²) in [4.78, 5) is 28.5.